The molecule has 3 rings (SSSR count). The molecule has 1 amide bonds. The summed E-state index contributed by atoms with van der Waals surface area (Å²) >= 11 is 0. The number of nitrogens with one attached hydrogen (secondary N) is 1. The molecule has 2 unspecified atom stereocenters. The zero-order valence-corrected chi connectivity index (χ0v) is 18.4. The Balaban J connectivity index is 1.93. The van der Waals surface area contributed by atoms with Gasteiger partial charge in [0.1, 0.15) is 0 Å². The quantitative estimate of drug-likeness (QED) is 0.383. The van der Waals surface area contributed by atoms with Crippen LogP contribution in [0.5, 0.6) is 0 Å². The van der Waals surface area contributed by atoms with Gasteiger partial charge in [-0.05, 0) is 56.3 Å². The van der Waals surface area contributed by atoms with Gasteiger partial charge in [0.2, 0.25) is 12.5 Å². The monoisotopic (exact) mass is 412 g/mol. The second-order valence-electron chi connectivity index (χ2n) is 9.41. The maximum absolute atomic E-state index is 13.2. The third kappa shape index (κ3) is 4.47. The Morgan fingerprint density at radius 1 is 1.40 bits per heavy atom. The lowest BCUT2D eigenvalue weighted by Crippen LogP contribution is -2.56. The van der Waals surface area contributed by atoms with Crippen LogP contribution in [0.1, 0.15) is 59.8 Å². The molecule has 0 aromatic carbocycles. The number of hydrogen-bond donors (Lipinski definition) is 1. The van der Waals surface area contributed by atoms with Gasteiger partial charge in [0.15, 0.2) is 5.78 Å². The first-order valence-corrected chi connectivity index (χ1v) is 10.8. The van der Waals surface area contributed by atoms with Crippen molar-refractivity contribution in [1.29, 1.82) is 0 Å². The molecule has 3 aliphatic rings. The van der Waals surface area contributed by atoms with Crippen LogP contribution in [0.25, 0.3) is 0 Å². The number of rotatable bonds is 7. The van der Waals surface area contributed by atoms with Crippen molar-refractivity contribution in [2.45, 2.75) is 65.3 Å². The van der Waals surface area contributed by atoms with E-state index >= 15 is 0 Å². The molecule has 162 valence electrons. The molecule has 0 saturated heterocycles. The molecule has 6 heteroatoms. The fourth-order valence-corrected chi connectivity index (χ4v) is 5.59. The van der Waals surface area contributed by atoms with Crippen molar-refractivity contribution in [3.8, 4) is 0 Å². The van der Waals surface area contributed by atoms with E-state index in [9.17, 15) is 19.7 Å². The van der Waals surface area contributed by atoms with Gasteiger partial charge < -0.3 is 5.32 Å². The van der Waals surface area contributed by atoms with Crippen molar-refractivity contribution >= 4 is 11.7 Å². The fraction of sp³-hybridized carbons (Fsp3) is 0.583. The van der Waals surface area contributed by atoms with Crippen molar-refractivity contribution < 1.29 is 14.5 Å². The fourth-order valence-electron chi connectivity index (χ4n) is 5.59. The highest BCUT2D eigenvalue weighted by Gasteiger charge is 2.48. The lowest BCUT2D eigenvalue weighted by atomic mass is 9.60. The van der Waals surface area contributed by atoms with E-state index in [0.29, 0.717) is 19.3 Å². The van der Waals surface area contributed by atoms with E-state index < -0.39 is 5.54 Å². The van der Waals surface area contributed by atoms with Crippen LogP contribution in [0.4, 0.5) is 0 Å². The molecule has 0 spiro atoms. The van der Waals surface area contributed by atoms with Crippen LogP contribution in [-0.4, -0.2) is 28.7 Å². The Bertz CT molecular complexity index is 878. The molecule has 0 radical (unpaired) electrons. The van der Waals surface area contributed by atoms with Gasteiger partial charge in [-0.2, -0.15) is 0 Å². The van der Waals surface area contributed by atoms with Gasteiger partial charge in [-0.25, -0.2) is 0 Å². The molecular formula is C24H32N2O4. The molecule has 0 saturated carbocycles. The highest BCUT2D eigenvalue weighted by atomic mass is 16.6. The minimum absolute atomic E-state index is 0.0981. The molecule has 6 nitrogen and oxygen atoms in total. The molecule has 0 heterocycles. The number of hydrogen-bond acceptors (Lipinski definition) is 4. The first-order valence-electron chi connectivity index (χ1n) is 10.8. The molecule has 2 bridgehead atoms. The van der Waals surface area contributed by atoms with Gasteiger partial charge in [0.05, 0.1) is 5.54 Å². The summed E-state index contributed by atoms with van der Waals surface area (Å²) in [5.41, 5.74) is 3.85. The van der Waals surface area contributed by atoms with Crippen LogP contribution in [0.15, 0.2) is 46.6 Å². The average molecular weight is 413 g/mol. The van der Waals surface area contributed by atoms with Crippen molar-refractivity contribution in [3.05, 3.63) is 56.7 Å². The lowest BCUT2D eigenvalue weighted by molar-refractivity contribution is -0.488. The van der Waals surface area contributed by atoms with E-state index in [1.165, 1.54) is 5.57 Å². The minimum atomic E-state index is -0.656. The maximum Gasteiger partial charge on any atom is 0.221 e. The Labute approximate surface area is 178 Å². The summed E-state index contributed by atoms with van der Waals surface area (Å²) in [6.45, 7) is 7.92. The maximum atomic E-state index is 13.2. The number of nitrogens with zero attached hydrogens (tertiary/aromatic N) is 1. The predicted octanol–water partition coefficient (Wildman–Crippen LogP) is 4.31. The highest BCUT2D eigenvalue weighted by molar-refractivity contribution is 5.94. The van der Waals surface area contributed by atoms with Crippen LogP contribution < -0.4 is 5.32 Å². The van der Waals surface area contributed by atoms with E-state index in [2.05, 4.69) is 24.4 Å². The number of amides is 1. The van der Waals surface area contributed by atoms with Gasteiger partial charge in [0.25, 0.3) is 0 Å². The van der Waals surface area contributed by atoms with Crippen LogP contribution >= 0.6 is 0 Å². The standard InChI is InChI=1S/C24H32N2O4/c1-5-21-18-9-16(4)13-24(21,22-7-6-20(27)12-19(22)11-18)25-23(28)10-17(8-15(2)3)14-26(29)30/h5-7,9,15,17-18H,8,10-14H2,1-4H3,(H,25,28)/t17-,18?,24?/m0/s1. The molecule has 0 aromatic heterocycles. The first kappa shape index (κ1) is 22.2. The Hall–Kier alpha value is -2.50. The highest BCUT2D eigenvalue weighted by Crippen LogP contribution is 2.51. The van der Waals surface area contributed by atoms with E-state index in [0.717, 1.165) is 23.1 Å². The Morgan fingerprint density at radius 2 is 2.13 bits per heavy atom. The number of carbonyl (C=O) groups is 2. The smallest absolute Gasteiger partial charge is 0.221 e. The van der Waals surface area contributed by atoms with E-state index in [-0.39, 0.29) is 47.3 Å². The van der Waals surface area contributed by atoms with Gasteiger partial charge in [0, 0.05) is 29.6 Å². The van der Waals surface area contributed by atoms with E-state index in [1.54, 1.807) is 6.08 Å². The second kappa shape index (κ2) is 8.70. The molecular weight excluding hydrogens is 380 g/mol. The molecule has 1 N–H and O–H groups in total. The van der Waals surface area contributed by atoms with Crippen molar-refractivity contribution in [2.75, 3.05) is 6.54 Å². The molecule has 3 atom stereocenters. The van der Waals surface area contributed by atoms with Crippen LogP contribution in [0, 0.1) is 27.9 Å². The average Bonchev–Trinajstić information content (AvgIpc) is 2.59. The Morgan fingerprint density at radius 3 is 2.77 bits per heavy atom. The summed E-state index contributed by atoms with van der Waals surface area (Å²) < 4.78 is 0. The van der Waals surface area contributed by atoms with E-state index in [1.807, 2.05) is 26.8 Å². The summed E-state index contributed by atoms with van der Waals surface area (Å²) in [7, 11) is 0. The van der Waals surface area contributed by atoms with Crippen molar-refractivity contribution in [1.82, 2.24) is 5.32 Å². The van der Waals surface area contributed by atoms with Crippen LogP contribution in [0.2, 0.25) is 0 Å². The summed E-state index contributed by atoms with van der Waals surface area (Å²) in [6, 6.07) is 0. The van der Waals surface area contributed by atoms with Gasteiger partial charge in [-0.1, -0.05) is 43.2 Å². The zero-order valence-electron chi connectivity index (χ0n) is 18.4. The number of ketones is 1. The lowest BCUT2D eigenvalue weighted by Gasteiger charge is -2.49. The minimum Gasteiger partial charge on any atom is -0.342 e. The second-order valence-corrected chi connectivity index (χ2v) is 9.41. The topological polar surface area (TPSA) is 89.3 Å². The van der Waals surface area contributed by atoms with Crippen LogP contribution in [-0.2, 0) is 9.59 Å². The third-order valence-corrected chi connectivity index (χ3v) is 6.40. The number of allylic oxidation sites excluding steroid dienone is 4. The van der Waals surface area contributed by atoms with E-state index in [4.69, 9.17) is 0 Å². The number of fused-ring (bicyclic) bond motifs is 3. The number of nitro groups is 1. The summed E-state index contributed by atoms with van der Waals surface area (Å²) in [6.07, 6.45) is 10.5. The predicted molar refractivity (Wildman–Crippen MR) is 116 cm³/mol. The zero-order chi connectivity index (χ0) is 22.1. The first-order chi connectivity index (χ1) is 14.1. The molecule has 3 aliphatic carbocycles. The third-order valence-electron chi connectivity index (χ3n) is 6.40. The van der Waals surface area contributed by atoms with Gasteiger partial charge in [-0.3, -0.25) is 19.7 Å². The number of carbonyl (C=O) groups excluding carboxylic acids is 2. The molecule has 0 aliphatic heterocycles. The Kier molecular flexibility index (Phi) is 6.44. The summed E-state index contributed by atoms with van der Waals surface area (Å²) in [5.74, 6) is 0.108. The van der Waals surface area contributed by atoms with Gasteiger partial charge >= 0.3 is 0 Å². The van der Waals surface area contributed by atoms with Crippen molar-refractivity contribution in [3.63, 3.8) is 0 Å². The largest absolute Gasteiger partial charge is 0.342 e. The molecule has 0 fully saturated rings. The summed E-state index contributed by atoms with van der Waals surface area (Å²) in [4.78, 5) is 36.0. The SMILES string of the molecule is CC=C1C2C=C(C)CC1(NC(=O)C[C@H](CC(C)C)C[N+](=O)[O-])C1=C(CC(=O)C=C1)C2. The van der Waals surface area contributed by atoms with Gasteiger partial charge in [-0.15, -0.1) is 0 Å². The van der Waals surface area contributed by atoms with Crippen LogP contribution in [0.3, 0.4) is 0 Å². The molecule has 0 aromatic rings. The normalized spacial score (nSPS) is 27.8. The summed E-state index contributed by atoms with van der Waals surface area (Å²) in [5, 5.41) is 14.4. The molecule has 30 heavy (non-hydrogen) atoms. The van der Waals surface area contributed by atoms with Crippen molar-refractivity contribution in [2.24, 2.45) is 17.8 Å².